The molecule has 0 bridgehead atoms. The van der Waals surface area contributed by atoms with E-state index < -0.39 is 21.9 Å². The Bertz CT molecular complexity index is 1150. The van der Waals surface area contributed by atoms with Gasteiger partial charge in [-0.1, -0.05) is 19.1 Å². The lowest BCUT2D eigenvalue weighted by Crippen LogP contribution is -2.50. The molecule has 2 aliphatic rings. The maximum absolute atomic E-state index is 13.3. The van der Waals surface area contributed by atoms with E-state index in [-0.39, 0.29) is 49.3 Å². The van der Waals surface area contributed by atoms with Gasteiger partial charge in [-0.2, -0.15) is 4.31 Å². The topological polar surface area (TPSA) is 96.0 Å². The fourth-order valence-corrected chi connectivity index (χ4v) is 5.27. The van der Waals surface area contributed by atoms with Crippen molar-refractivity contribution in [3.8, 4) is 5.75 Å². The number of amides is 2. The summed E-state index contributed by atoms with van der Waals surface area (Å²) in [4.78, 5) is 26.2. The third-order valence-corrected chi connectivity index (χ3v) is 7.51. The van der Waals surface area contributed by atoms with E-state index in [2.05, 4.69) is 5.32 Å². The van der Waals surface area contributed by atoms with E-state index in [1.54, 1.807) is 23.1 Å². The van der Waals surface area contributed by atoms with Crippen LogP contribution >= 0.6 is 0 Å². The number of fused-ring (bicyclic) bond motifs is 1. The molecule has 170 valence electrons. The Hall–Kier alpha value is -2.98. The highest BCUT2D eigenvalue weighted by Gasteiger charge is 2.32. The molecule has 1 atom stereocenters. The number of halogens is 1. The molecule has 0 unspecified atom stereocenters. The molecule has 2 amide bonds. The van der Waals surface area contributed by atoms with E-state index in [1.807, 2.05) is 6.92 Å². The third kappa shape index (κ3) is 4.46. The minimum absolute atomic E-state index is 0.0506. The molecule has 0 aromatic heterocycles. The molecule has 32 heavy (non-hydrogen) atoms. The fourth-order valence-electron chi connectivity index (χ4n) is 3.82. The van der Waals surface area contributed by atoms with Gasteiger partial charge < -0.3 is 15.0 Å². The molecule has 1 saturated heterocycles. The number of hydrogen-bond acceptors (Lipinski definition) is 5. The van der Waals surface area contributed by atoms with E-state index in [1.165, 1.54) is 28.6 Å². The van der Waals surface area contributed by atoms with Gasteiger partial charge in [-0.3, -0.25) is 9.59 Å². The van der Waals surface area contributed by atoms with Crippen LogP contribution in [0.2, 0.25) is 0 Å². The number of rotatable bonds is 5. The zero-order valence-corrected chi connectivity index (χ0v) is 18.4. The first kappa shape index (κ1) is 22.2. The van der Waals surface area contributed by atoms with E-state index in [9.17, 15) is 22.4 Å². The molecule has 0 aliphatic carbocycles. The molecule has 1 fully saturated rings. The van der Waals surface area contributed by atoms with Crippen molar-refractivity contribution in [2.45, 2.75) is 30.8 Å². The SMILES string of the molecule is CC[C@@H]1Oc2ccc(S(=O)(=O)N3CCN(C(=O)Cc4cccc(F)c4)CC3)cc2NC1=O. The number of sulfonamides is 1. The van der Waals surface area contributed by atoms with Gasteiger partial charge >= 0.3 is 0 Å². The Morgan fingerprint density at radius 2 is 1.91 bits per heavy atom. The summed E-state index contributed by atoms with van der Waals surface area (Å²) >= 11 is 0. The molecule has 2 aliphatic heterocycles. The van der Waals surface area contributed by atoms with E-state index in [0.29, 0.717) is 23.4 Å². The molecular weight excluding hydrogens is 437 g/mol. The third-order valence-electron chi connectivity index (χ3n) is 5.61. The maximum Gasteiger partial charge on any atom is 0.265 e. The van der Waals surface area contributed by atoms with Gasteiger partial charge in [0, 0.05) is 26.2 Å². The van der Waals surface area contributed by atoms with Gasteiger partial charge in [0.1, 0.15) is 11.6 Å². The second-order valence-corrected chi connectivity index (χ2v) is 9.69. The van der Waals surface area contributed by atoms with Crippen LogP contribution in [0.4, 0.5) is 10.1 Å². The molecule has 0 radical (unpaired) electrons. The molecule has 1 N–H and O–H groups in total. The Kier molecular flexibility index (Phi) is 6.16. The quantitative estimate of drug-likeness (QED) is 0.735. The summed E-state index contributed by atoms with van der Waals surface area (Å²) < 4.78 is 46.5. The standard InChI is InChI=1S/C22H24FN3O5S/c1-2-19-22(28)24-18-14-17(6-7-20(18)31-19)32(29,30)26-10-8-25(9-11-26)21(27)13-15-4-3-5-16(23)12-15/h3-7,12,14,19H,2,8-11,13H2,1H3,(H,24,28)/t19-/m0/s1. The Morgan fingerprint density at radius 3 is 2.59 bits per heavy atom. The molecule has 4 rings (SSSR count). The number of benzene rings is 2. The summed E-state index contributed by atoms with van der Waals surface area (Å²) in [6, 6.07) is 10.3. The first-order valence-electron chi connectivity index (χ1n) is 10.4. The van der Waals surface area contributed by atoms with Crippen LogP contribution < -0.4 is 10.1 Å². The zero-order chi connectivity index (χ0) is 22.9. The van der Waals surface area contributed by atoms with Gasteiger partial charge in [-0.15, -0.1) is 0 Å². The minimum atomic E-state index is -3.81. The van der Waals surface area contributed by atoms with Crippen LogP contribution in [0.15, 0.2) is 47.4 Å². The zero-order valence-electron chi connectivity index (χ0n) is 17.6. The maximum atomic E-state index is 13.3. The second-order valence-electron chi connectivity index (χ2n) is 7.75. The van der Waals surface area contributed by atoms with Crippen molar-refractivity contribution in [1.29, 1.82) is 0 Å². The number of carbonyl (C=O) groups excluding carboxylic acids is 2. The average molecular weight is 462 g/mol. The van der Waals surface area contributed by atoms with Crippen molar-refractivity contribution in [2.75, 3.05) is 31.5 Å². The van der Waals surface area contributed by atoms with Crippen molar-refractivity contribution in [2.24, 2.45) is 0 Å². The molecule has 2 heterocycles. The van der Waals surface area contributed by atoms with Crippen LogP contribution in [0, 0.1) is 5.82 Å². The first-order valence-corrected chi connectivity index (χ1v) is 11.9. The monoisotopic (exact) mass is 461 g/mol. The molecular formula is C22H24FN3O5S. The lowest BCUT2D eigenvalue weighted by molar-refractivity contribution is -0.131. The summed E-state index contributed by atoms with van der Waals surface area (Å²) in [6.07, 6.45) is -0.0237. The van der Waals surface area contributed by atoms with Crippen molar-refractivity contribution in [3.05, 3.63) is 53.8 Å². The van der Waals surface area contributed by atoms with Crippen LogP contribution in [0.5, 0.6) is 5.75 Å². The first-order chi connectivity index (χ1) is 15.3. The number of piperazine rings is 1. The molecule has 2 aromatic carbocycles. The number of hydrogen-bond donors (Lipinski definition) is 1. The molecule has 0 spiro atoms. The Labute approximate surface area is 186 Å². The van der Waals surface area contributed by atoms with Crippen molar-refractivity contribution < 1.29 is 27.1 Å². The van der Waals surface area contributed by atoms with E-state index in [0.717, 1.165) is 0 Å². The number of nitrogens with zero attached hydrogens (tertiary/aromatic N) is 2. The number of ether oxygens (including phenoxy) is 1. The van der Waals surface area contributed by atoms with E-state index in [4.69, 9.17) is 4.74 Å². The molecule has 8 nitrogen and oxygen atoms in total. The lowest BCUT2D eigenvalue weighted by Gasteiger charge is -2.34. The summed E-state index contributed by atoms with van der Waals surface area (Å²) in [7, 11) is -3.81. The van der Waals surface area contributed by atoms with E-state index >= 15 is 0 Å². The van der Waals surface area contributed by atoms with Gasteiger partial charge in [0.25, 0.3) is 5.91 Å². The number of nitrogens with one attached hydrogen (secondary N) is 1. The summed E-state index contributed by atoms with van der Waals surface area (Å²) in [5.41, 5.74) is 0.901. The summed E-state index contributed by atoms with van der Waals surface area (Å²) in [5, 5.41) is 2.70. The Balaban J connectivity index is 1.41. The van der Waals surface area contributed by atoms with Gasteiger partial charge in [0.05, 0.1) is 17.0 Å². The van der Waals surface area contributed by atoms with Gasteiger partial charge in [-0.25, -0.2) is 12.8 Å². The van der Waals surface area contributed by atoms with Gasteiger partial charge in [0.2, 0.25) is 15.9 Å². The Morgan fingerprint density at radius 1 is 1.16 bits per heavy atom. The number of anilines is 1. The highest BCUT2D eigenvalue weighted by Crippen LogP contribution is 2.33. The summed E-state index contributed by atoms with van der Waals surface area (Å²) in [5.74, 6) is -0.446. The number of carbonyl (C=O) groups is 2. The highest BCUT2D eigenvalue weighted by atomic mass is 32.2. The largest absolute Gasteiger partial charge is 0.478 e. The predicted molar refractivity (Wildman–Crippen MR) is 115 cm³/mol. The lowest BCUT2D eigenvalue weighted by atomic mass is 10.1. The van der Waals surface area contributed by atoms with Crippen molar-refractivity contribution >= 4 is 27.5 Å². The second kappa shape index (κ2) is 8.87. The highest BCUT2D eigenvalue weighted by molar-refractivity contribution is 7.89. The van der Waals surface area contributed by atoms with Gasteiger partial charge in [-0.05, 0) is 42.3 Å². The van der Waals surface area contributed by atoms with Crippen molar-refractivity contribution in [1.82, 2.24) is 9.21 Å². The van der Waals surface area contributed by atoms with Crippen molar-refractivity contribution in [3.63, 3.8) is 0 Å². The minimum Gasteiger partial charge on any atom is -0.478 e. The van der Waals surface area contributed by atoms with Crippen LogP contribution in [0.25, 0.3) is 0 Å². The van der Waals surface area contributed by atoms with Crippen LogP contribution in [-0.2, 0) is 26.0 Å². The van der Waals surface area contributed by atoms with Crippen LogP contribution in [0.1, 0.15) is 18.9 Å². The molecule has 2 aromatic rings. The normalized spacial score (nSPS) is 19.1. The van der Waals surface area contributed by atoms with Crippen LogP contribution in [-0.4, -0.2) is 61.7 Å². The molecule has 10 heteroatoms. The molecule has 0 saturated carbocycles. The average Bonchev–Trinajstić information content (AvgIpc) is 2.78. The summed E-state index contributed by atoms with van der Waals surface area (Å²) in [6.45, 7) is 2.62. The van der Waals surface area contributed by atoms with Gasteiger partial charge in [0.15, 0.2) is 6.10 Å². The fraction of sp³-hybridized carbons (Fsp3) is 0.364. The predicted octanol–water partition coefficient (Wildman–Crippen LogP) is 2.01. The van der Waals surface area contributed by atoms with Crippen LogP contribution in [0.3, 0.4) is 0 Å². The smallest absolute Gasteiger partial charge is 0.265 e.